The number of carbonyl (C=O) groups excluding carboxylic acids is 1. The molecular formula is C29H37N5O5. The van der Waals surface area contributed by atoms with Crippen molar-refractivity contribution in [3.05, 3.63) is 76.7 Å². The van der Waals surface area contributed by atoms with Gasteiger partial charge in [-0.25, -0.2) is 0 Å². The molecule has 0 bridgehead atoms. The van der Waals surface area contributed by atoms with Crippen LogP contribution < -0.4 is 15.8 Å². The summed E-state index contributed by atoms with van der Waals surface area (Å²) in [5.41, 5.74) is 14.5. The van der Waals surface area contributed by atoms with E-state index in [2.05, 4.69) is 21.9 Å². The Morgan fingerprint density at radius 1 is 1.26 bits per heavy atom. The van der Waals surface area contributed by atoms with E-state index in [0.717, 1.165) is 11.1 Å². The van der Waals surface area contributed by atoms with E-state index >= 15 is 0 Å². The van der Waals surface area contributed by atoms with E-state index in [1.54, 1.807) is 52.1 Å². The molecule has 0 aromatic heterocycles. The van der Waals surface area contributed by atoms with Crippen molar-refractivity contribution in [2.75, 3.05) is 19.0 Å². The smallest absolute Gasteiger partial charge is 0.167 e. The maximum atomic E-state index is 13.8. The molecule has 10 heteroatoms. The molecule has 0 amide bonds. The second-order valence-electron chi connectivity index (χ2n) is 11.1. The molecule has 1 aliphatic heterocycles. The zero-order chi connectivity index (χ0) is 28.8. The lowest BCUT2D eigenvalue weighted by atomic mass is 9.68. The van der Waals surface area contributed by atoms with Crippen LogP contribution in [0.25, 0.3) is 16.0 Å². The first-order valence-electron chi connectivity index (χ1n) is 12.8. The molecule has 2 aromatic rings. The predicted octanol–water partition coefficient (Wildman–Crippen LogP) is 4.69. The van der Waals surface area contributed by atoms with Gasteiger partial charge in [0.1, 0.15) is 17.0 Å². The average Bonchev–Trinajstić information content (AvgIpc) is 3.31. The molecular weight excluding hydrogens is 498 g/mol. The number of allylic oxidation sites excluding steroid dienone is 1. The molecule has 0 radical (unpaired) electrons. The maximum absolute atomic E-state index is 13.8. The number of ketones is 1. The molecule has 1 spiro atoms. The van der Waals surface area contributed by atoms with Gasteiger partial charge in [0.05, 0.1) is 31.3 Å². The van der Waals surface area contributed by atoms with Gasteiger partial charge in [0, 0.05) is 22.1 Å². The zero-order valence-corrected chi connectivity index (χ0v) is 23.3. The van der Waals surface area contributed by atoms with Gasteiger partial charge < -0.3 is 30.4 Å². The van der Waals surface area contributed by atoms with Crippen LogP contribution in [0, 0.1) is 5.92 Å². The number of carbonyl (C=O) groups is 1. The van der Waals surface area contributed by atoms with Gasteiger partial charge in [-0.05, 0) is 75.2 Å². The summed E-state index contributed by atoms with van der Waals surface area (Å²) in [7, 11) is 1.54. The highest BCUT2D eigenvalue weighted by Gasteiger charge is 2.78. The third-order valence-corrected chi connectivity index (χ3v) is 8.37. The third-order valence-electron chi connectivity index (χ3n) is 8.37. The van der Waals surface area contributed by atoms with Crippen LogP contribution >= 0.6 is 0 Å². The minimum Gasteiger partial charge on any atom is -0.497 e. The van der Waals surface area contributed by atoms with Crippen molar-refractivity contribution in [3.63, 3.8) is 0 Å². The average molecular weight is 536 g/mol. The Morgan fingerprint density at radius 2 is 1.92 bits per heavy atom. The van der Waals surface area contributed by atoms with E-state index in [0.29, 0.717) is 17.0 Å². The highest BCUT2D eigenvalue weighted by atomic mass is 16.8. The van der Waals surface area contributed by atoms with E-state index in [9.17, 15) is 15.4 Å². The zero-order valence-electron chi connectivity index (χ0n) is 23.3. The second-order valence-corrected chi connectivity index (χ2v) is 11.1. The van der Waals surface area contributed by atoms with Gasteiger partial charge in [-0.3, -0.25) is 4.79 Å². The second kappa shape index (κ2) is 9.97. The minimum absolute atomic E-state index is 0.0509. The van der Waals surface area contributed by atoms with E-state index in [1.165, 1.54) is 6.92 Å². The van der Waals surface area contributed by atoms with Crippen LogP contribution in [0.1, 0.15) is 50.5 Å². The summed E-state index contributed by atoms with van der Waals surface area (Å²) in [6, 6.07) is 12.2. The third kappa shape index (κ3) is 4.48. The van der Waals surface area contributed by atoms with E-state index in [4.69, 9.17) is 19.9 Å². The largest absolute Gasteiger partial charge is 0.497 e. The fourth-order valence-electron chi connectivity index (χ4n) is 6.03. The fraction of sp³-hybridized carbons (Fsp3) is 0.483. The van der Waals surface area contributed by atoms with Crippen molar-refractivity contribution in [3.8, 4) is 5.75 Å². The lowest BCUT2D eigenvalue weighted by Gasteiger charge is -2.47. The minimum atomic E-state index is -1.89. The van der Waals surface area contributed by atoms with E-state index in [1.807, 2.05) is 31.2 Å². The summed E-state index contributed by atoms with van der Waals surface area (Å²) in [6.45, 7) is 12.5. The van der Waals surface area contributed by atoms with Crippen molar-refractivity contribution in [2.45, 2.75) is 69.2 Å². The molecule has 1 saturated heterocycles. The summed E-state index contributed by atoms with van der Waals surface area (Å²) in [4.78, 5) is 16.9. The molecule has 4 rings (SSSR count). The first kappa shape index (κ1) is 28.6. The van der Waals surface area contributed by atoms with Gasteiger partial charge in [0.25, 0.3) is 0 Å². The van der Waals surface area contributed by atoms with Crippen molar-refractivity contribution in [2.24, 2.45) is 16.8 Å². The number of nitrogens with one attached hydrogen (secondary N) is 1. The molecule has 0 unspecified atom stereocenters. The normalized spacial score (nSPS) is 31.9. The number of methoxy groups -OCH3 is 1. The molecule has 10 nitrogen and oxygen atoms in total. The number of nitrogens with two attached hydrogens (primary N) is 1. The lowest BCUT2D eigenvalue weighted by molar-refractivity contribution is -0.212. The standard InChI is InChI=1S/C29H37N5O5/c1-17(2)20-9-8-10-21(15-20)32-24-25(33-34-31)29(30,27(6,36)28(24)16-38-26(4,5)39-28)18(3)23(35)19-11-13-22(37-7)14-12-19/h8-15,18,24-25,32,36H,1,16,30H2,2-7H3/t18-,24+,25+,27+,28-,29+/m1/s1. The van der Waals surface area contributed by atoms with Crippen molar-refractivity contribution >= 4 is 17.0 Å². The molecule has 6 atom stereocenters. The first-order chi connectivity index (χ1) is 18.2. The molecule has 39 heavy (non-hydrogen) atoms. The maximum Gasteiger partial charge on any atom is 0.167 e. The fourth-order valence-corrected chi connectivity index (χ4v) is 6.03. The first-order valence-corrected chi connectivity index (χ1v) is 12.8. The summed E-state index contributed by atoms with van der Waals surface area (Å²) >= 11 is 0. The number of Topliss-reactive ketones (excluding diaryl/α,β-unsaturated/α-hetero) is 1. The molecule has 2 fully saturated rings. The van der Waals surface area contributed by atoms with Crippen LogP contribution in [-0.2, 0) is 9.47 Å². The van der Waals surface area contributed by atoms with Gasteiger partial charge in [-0.15, -0.1) is 0 Å². The molecule has 1 saturated carbocycles. The number of rotatable bonds is 8. The van der Waals surface area contributed by atoms with Crippen LogP contribution in [0.3, 0.4) is 0 Å². The summed E-state index contributed by atoms with van der Waals surface area (Å²) in [5.74, 6) is -1.79. The van der Waals surface area contributed by atoms with Crippen LogP contribution in [0.5, 0.6) is 5.75 Å². The lowest BCUT2D eigenvalue weighted by Crippen LogP contribution is -2.71. The highest BCUT2D eigenvalue weighted by Crippen LogP contribution is 2.57. The highest BCUT2D eigenvalue weighted by molar-refractivity contribution is 5.99. The molecule has 208 valence electrons. The quantitative estimate of drug-likeness (QED) is 0.192. The Balaban J connectivity index is 1.86. The van der Waals surface area contributed by atoms with Crippen LogP contribution in [0.4, 0.5) is 5.69 Å². The molecule has 2 aliphatic rings. The van der Waals surface area contributed by atoms with Crippen LogP contribution in [0.15, 0.2) is 60.2 Å². The number of hydrogen-bond acceptors (Lipinski definition) is 8. The van der Waals surface area contributed by atoms with Gasteiger partial charge in [-0.2, -0.15) is 0 Å². The van der Waals surface area contributed by atoms with Crippen LogP contribution in [-0.4, -0.2) is 59.2 Å². The Labute approximate surface area is 228 Å². The Morgan fingerprint density at radius 3 is 2.46 bits per heavy atom. The van der Waals surface area contributed by atoms with Gasteiger partial charge in [0.15, 0.2) is 11.6 Å². The van der Waals surface area contributed by atoms with E-state index < -0.39 is 40.5 Å². The Hall–Kier alpha value is -3.40. The van der Waals surface area contributed by atoms with Crippen molar-refractivity contribution < 1.29 is 24.1 Å². The summed E-state index contributed by atoms with van der Waals surface area (Å²) in [5, 5.41) is 19.9. The molecule has 1 heterocycles. The molecule has 1 aliphatic carbocycles. The number of anilines is 1. The monoisotopic (exact) mass is 535 g/mol. The predicted molar refractivity (Wildman–Crippen MR) is 149 cm³/mol. The number of hydrogen-bond donors (Lipinski definition) is 3. The summed E-state index contributed by atoms with van der Waals surface area (Å²) < 4.78 is 17.7. The van der Waals surface area contributed by atoms with Gasteiger partial charge >= 0.3 is 0 Å². The van der Waals surface area contributed by atoms with Gasteiger partial charge in [0.2, 0.25) is 0 Å². The number of ether oxygens (including phenoxy) is 3. The summed E-state index contributed by atoms with van der Waals surface area (Å²) in [6.07, 6.45) is 0. The SMILES string of the molecule is C=C(C)c1cccc(N[C@H]2[C@H](N=[N+]=[N-])[C@@](N)([C@H](C)C(=O)c3ccc(OC)cc3)[C@@](C)(O)[C@@]23COC(C)(C)O3)c1. The number of benzene rings is 2. The van der Waals surface area contributed by atoms with Crippen LogP contribution in [0.2, 0.25) is 0 Å². The topological polar surface area (TPSA) is 152 Å². The Bertz CT molecular complexity index is 1320. The van der Waals surface area contributed by atoms with Crippen molar-refractivity contribution in [1.29, 1.82) is 0 Å². The number of azide groups is 1. The number of aliphatic hydroxyl groups is 1. The van der Waals surface area contributed by atoms with E-state index in [-0.39, 0.29) is 12.4 Å². The van der Waals surface area contributed by atoms with Gasteiger partial charge in [-0.1, -0.05) is 36.3 Å². The molecule has 4 N–H and O–H groups in total. The molecule has 2 aromatic carbocycles. The van der Waals surface area contributed by atoms with Crippen molar-refractivity contribution in [1.82, 2.24) is 0 Å². The number of nitrogens with zero attached hydrogens (tertiary/aromatic N) is 3. The Kier molecular flexibility index (Phi) is 7.31.